The smallest absolute Gasteiger partial charge is 0.129 e. The molecule has 0 aromatic carbocycles. The molecule has 1 aromatic rings. The van der Waals surface area contributed by atoms with Crippen molar-refractivity contribution in [1.29, 1.82) is 5.26 Å². The molecule has 1 aromatic heterocycles. The van der Waals surface area contributed by atoms with E-state index in [2.05, 4.69) is 55.0 Å². The van der Waals surface area contributed by atoms with Crippen LogP contribution >= 0.6 is 0 Å². The first kappa shape index (κ1) is 15.5. The molecule has 0 bridgehead atoms. The minimum Gasteiger partial charge on any atom is -0.353 e. The lowest BCUT2D eigenvalue weighted by atomic mass is 10.1. The Bertz CT molecular complexity index is 422. The Hall–Kier alpha value is -1.60. The molecule has 0 saturated heterocycles. The number of nitrogens with one attached hydrogen (secondary N) is 1. The predicted molar refractivity (Wildman–Crippen MR) is 79.0 cm³/mol. The molecule has 0 aliphatic carbocycles. The third kappa shape index (κ3) is 4.53. The van der Waals surface area contributed by atoms with Gasteiger partial charge in [0, 0.05) is 24.8 Å². The summed E-state index contributed by atoms with van der Waals surface area (Å²) in [7, 11) is 0. The molecule has 4 nitrogen and oxygen atoms in total. The summed E-state index contributed by atoms with van der Waals surface area (Å²) in [6, 6.07) is 7.01. The van der Waals surface area contributed by atoms with Gasteiger partial charge in [0.15, 0.2) is 0 Å². The van der Waals surface area contributed by atoms with E-state index in [1.54, 1.807) is 0 Å². The first-order valence-corrected chi connectivity index (χ1v) is 6.93. The van der Waals surface area contributed by atoms with E-state index in [1.165, 1.54) is 5.56 Å². The van der Waals surface area contributed by atoms with Gasteiger partial charge < -0.3 is 10.2 Å². The second-order valence-corrected chi connectivity index (χ2v) is 4.92. The Balaban J connectivity index is 2.91. The number of nitrogens with zero attached hydrogens (tertiary/aromatic N) is 3. The van der Waals surface area contributed by atoms with Crippen molar-refractivity contribution in [1.82, 2.24) is 10.3 Å². The summed E-state index contributed by atoms with van der Waals surface area (Å²) in [6.07, 6.45) is 2.37. The number of hydrogen-bond acceptors (Lipinski definition) is 4. The molecule has 0 aliphatic heterocycles. The van der Waals surface area contributed by atoms with Crippen LogP contribution in [-0.4, -0.2) is 24.1 Å². The Kier molecular flexibility index (Phi) is 6.31. The molecule has 0 saturated carbocycles. The van der Waals surface area contributed by atoms with Gasteiger partial charge in [-0.1, -0.05) is 6.92 Å². The van der Waals surface area contributed by atoms with Gasteiger partial charge in [-0.3, -0.25) is 0 Å². The van der Waals surface area contributed by atoms with Crippen LogP contribution in [0.15, 0.2) is 18.3 Å². The van der Waals surface area contributed by atoms with Crippen LogP contribution in [-0.2, 0) is 0 Å². The zero-order chi connectivity index (χ0) is 14.3. The number of anilines is 1. The predicted octanol–water partition coefficient (Wildman–Crippen LogP) is 2.88. The van der Waals surface area contributed by atoms with Gasteiger partial charge in [0.2, 0.25) is 0 Å². The van der Waals surface area contributed by atoms with Gasteiger partial charge in [0.1, 0.15) is 5.82 Å². The number of pyridine rings is 1. The Morgan fingerprint density at radius 2 is 2.16 bits per heavy atom. The zero-order valence-corrected chi connectivity index (χ0v) is 12.3. The minimum absolute atomic E-state index is 0.316. The molecule has 4 heteroatoms. The quantitative estimate of drug-likeness (QED) is 0.819. The summed E-state index contributed by atoms with van der Waals surface area (Å²) in [6.45, 7) is 10.2. The molecule has 1 N–H and O–H groups in total. The summed E-state index contributed by atoms with van der Waals surface area (Å²) in [5, 5.41) is 12.2. The highest BCUT2D eigenvalue weighted by atomic mass is 15.2. The third-order valence-electron chi connectivity index (χ3n) is 3.16. The fourth-order valence-electron chi connectivity index (χ4n) is 2.09. The molecule has 19 heavy (non-hydrogen) atoms. The molecule has 1 heterocycles. The van der Waals surface area contributed by atoms with E-state index in [0.717, 1.165) is 18.9 Å². The standard InChI is InChI=1S/C15H24N4/c1-5-17-13(4)14-7-9-18-15(11-14)19(12(2)3)10-6-8-16/h7,9,11-13,17H,5-6,10H2,1-4H3. The van der Waals surface area contributed by atoms with Crippen molar-refractivity contribution < 1.29 is 0 Å². The largest absolute Gasteiger partial charge is 0.353 e. The fourth-order valence-corrected chi connectivity index (χ4v) is 2.09. The number of nitriles is 1. The Morgan fingerprint density at radius 3 is 2.74 bits per heavy atom. The molecule has 1 unspecified atom stereocenters. The molecule has 0 radical (unpaired) electrons. The first-order chi connectivity index (χ1) is 9.10. The molecular weight excluding hydrogens is 236 g/mol. The van der Waals surface area contributed by atoms with E-state index in [4.69, 9.17) is 5.26 Å². The summed E-state index contributed by atoms with van der Waals surface area (Å²) < 4.78 is 0. The monoisotopic (exact) mass is 260 g/mol. The Labute approximate surface area is 116 Å². The van der Waals surface area contributed by atoms with Crippen molar-refractivity contribution in [3.05, 3.63) is 23.9 Å². The van der Waals surface area contributed by atoms with E-state index in [9.17, 15) is 0 Å². The van der Waals surface area contributed by atoms with Crippen molar-refractivity contribution in [3.63, 3.8) is 0 Å². The number of hydrogen-bond donors (Lipinski definition) is 1. The van der Waals surface area contributed by atoms with Gasteiger partial charge in [0.25, 0.3) is 0 Å². The number of aromatic nitrogens is 1. The van der Waals surface area contributed by atoms with E-state index < -0.39 is 0 Å². The van der Waals surface area contributed by atoms with E-state index in [-0.39, 0.29) is 0 Å². The second kappa shape index (κ2) is 7.75. The summed E-state index contributed by atoms with van der Waals surface area (Å²) >= 11 is 0. The van der Waals surface area contributed by atoms with Gasteiger partial charge in [-0.15, -0.1) is 0 Å². The lowest BCUT2D eigenvalue weighted by Crippen LogP contribution is -2.32. The van der Waals surface area contributed by atoms with Crippen molar-refractivity contribution in [3.8, 4) is 6.07 Å². The normalized spacial score (nSPS) is 12.2. The molecule has 1 atom stereocenters. The number of rotatable bonds is 7. The summed E-state index contributed by atoms with van der Waals surface area (Å²) in [5.41, 5.74) is 1.23. The third-order valence-corrected chi connectivity index (χ3v) is 3.16. The topological polar surface area (TPSA) is 52.0 Å². The van der Waals surface area contributed by atoms with Crippen LogP contribution < -0.4 is 10.2 Å². The molecular formula is C15H24N4. The molecule has 0 fully saturated rings. The van der Waals surface area contributed by atoms with Crippen LogP contribution in [0, 0.1) is 11.3 Å². The maximum Gasteiger partial charge on any atom is 0.129 e. The van der Waals surface area contributed by atoms with Gasteiger partial charge >= 0.3 is 0 Å². The maximum atomic E-state index is 8.75. The van der Waals surface area contributed by atoms with Crippen LogP contribution in [0.2, 0.25) is 0 Å². The maximum absolute atomic E-state index is 8.75. The highest BCUT2D eigenvalue weighted by Crippen LogP contribution is 2.20. The van der Waals surface area contributed by atoms with Gasteiger partial charge in [-0.2, -0.15) is 5.26 Å². The van der Waals surface area contributed by atoms with Gasteiger partial charge in [-0.25, -0.2) is 4.98 Å². The molecule has 0 aliphatic rings. The van der Waals surface area contributed by atoms with E-state index >= 15 is 0 Å². The van der Waals surface area contributed by atoms with Crippen LogP contribution in [0.25, 0.3) is 0 Å². The van der Waals surface area contributed by atoms with Crippen molar-refractivity contribution in [2.75, 3.05) is 18.0 Å². The van der Waals surface area contributed by atoms with Crippen LogP contribution in [0.4, 0.5) is 5.82 Å². The highest BCUT2D eigenvalue weighted by Gasteiger charge is 2.13. The second-order valence-electron chi connectivity index (χ2n) is 4.92. The van der Waals surface area contributed by atoms with Crippen LogP contribution in [0.1, 0.15) is 45.7 Å². The first-order valence-electron chi connectivity index (χ1n) is 6.93. The van der Waals surface area contributed by atoms with Crippen LogP contribution in [0.3, 0.4) is 0 Å². The Morgan fingerprint density at radius 1 is 1.42 bits per heavy atom. The van der Waals surface area contributed by atoms with E-state index in [0.29, 0.717) is 18.5 Å². The SMILES string of the molecule is CCNC(C)c1ccnc(N(CCC#N)C(C)C)c1. The van der Waals surface area contributed by atoms with Crippen molar-refractivity contribution >= 4 is 5.82 Å². The minimum atomic E-state index is 0.316. The summed E-state index contributed by atoms with van der Waals surface area (Å²) in [5.74, 6) is 0.951. The highest BCUT2D eigenvalue weighted by molar-refractivity contribution is 5.42. The van der Waals surface area contributed by atoms with Crippen LogP contribution in [0.5, 0.6) is 0 Å². The zero-order valence-electron chi connectivity index (χ0n) is 12.3. The van der Waals surface area contributed by atoms with Gasteiger partial charge in [0.05, 0.1) is 12.5 Å². The molecule has 1 rings (SSSR count). The molecule has 0 amide bonds. The lowest BCUT2D eigenvalue weighted by molar-refractivity contribution is 0.596. The van der Waals surface area contributed by atoms with Crippen molar-refractivity contribution in [2.45, 2.75) is 46.2 Å². The fraction of sp³-hybridized carbons (Fsp3) is 0.600. The van der Waals surface area contributed by atoms with E-state index in [1.807, 2.05) is 12.3 Å². The average molecular weight is 260 g/mol. The summed E-state index contributed by atoms with van der Waals surface area (Å²) in [4.78, 5) is 6.62. The average Bonchev–Trinajstić information content (AvgIpc) is 2.39. The molecule has 104 valence electrons. The van der Waals surface area contributed by atoms with Gasteiger partial charge in [-0.05, 0) is 45.0 Å². The van der Waals surface area contributed by atoms with Crippen molar-refractivity contribution in [2.24, 2.45) is 0 Å². The lowest BCUT2D eigenvalue weighted by Gasteiger charge is -2.27. The molecule has 0 spiro atoms.